The van der Waals surface area contributed by atoms with E-state index in [0.29, 0.717) is 0 Å². The Balaban J connectivity index is 2.96. The lowest BCUT2D eigenvalue weighted by Crippen LogP contribution is -1.90. The minimum Gasteiger partial charge on any atom is -0.258 e. The standard InChI is InChI=1S/C9H11NO2S2/c1-3-13-14-9-5-4-7(2)6-8(9)10(11)12/h4-6H,3H2,1-2H3. The Kier molecular flexibility index (Phi) is 4.28. The largest absolute Gasteiger partial charge is 0.283 e. The Morgan fingerprint density at radius 1 is 1.50 bits per heavy atom. The molecule has 1 aromatic rings. The molecular weight excluding hydrogens is 218 g/mol. The molecule has 0 unspecified atom stereocenters. The molecule has 0 fully saturated rings. The van der Waals surface area contributed by atoms with Gasteiger partial charge < -0.3 is 0 Å². The van der Waals surface area contributed by atoms with Gasteiger partial charge in [-0.3, -0.25) is 10.1 Å². The summed E-state index contributed by atoms with van der Waals surface area (Å²) in [5.74, 6) is 0.940. The third-order valence-electron chi connectivity index (χ3n) is 1.58. The maximum atomic E-state index is 10.7. The summed E-state index contributed by atoms with van der Waals surface area (Å²) in [6.07, 6.45) is 0. The van der Waals surface area contributed by atoms with E-state index in [1.54, 1.807) is 22.9 Å². The first-order valence-corrected chi connectivity index (χ1v) is 6.51. The summed E-state index contributed by atoms with van der Waals surface area (Å²) >= 11 is 0. The molecule has 0 radical (unpaired) electrons. The zero-order valence-corrected chi connectivity index (χ0v) is 9.65. The van der Waals surface area contributed by atoms with Crippen molar-refractivity contribution in [1.29, 1.82) is 0 Å². The topological polar surface area (TPSA) is 43.1 Å². The van der Waals surface area contributed by atoms with Gasteiger partial charge in [0.05, 0.1) is 9.82 Å². The number of nitro benzene ring substituents is 1. The van der Waals surface area contributed by atoms with Crippen molar-refractivity contribution >= 4 is 27.3 Å². The number of aryl methyl sites for hydroxylation is 1. The van der Waals surface area contributed by atoms with E-state index in [1.165, 1.54) is 10.8 Å². The van der Waals surface area contributed by atoms with Gasteiger partial charge in [-0.1, -0.05) is 34.6 Å². The Labute approximate surface area is 90.8 Å². The van der Waals surface area contributed by atoms with Gasteiger partial charge >= 0.3 is 0 Å². The molecule has 0 aliphatic carbocycles. The first-order valence-electron chi connectivity index (χ1n) is 4.19. The first-order chi connectivity index (χ1) is 6.65. The number of rotatable bonds is 4. The Hall–Kier alpha value is -0.680. The smallest absolute Gasteiger partial charge is 0.258 e. The predicted molar refractivity (Wildman–Crippen MR) is 61.8 cm³/mol. The normalized spacial score (nSPS) is 10.1. The van der Waals surface area contributed by atoms with Crippen molar-refractivity contribution in [2.75, 3.05) is 5.75 Å². The summed E-state index contributed by atoms with van der Waals surface area (Å²) in [4.78, 5) is 11.1. The molecule has 0 aliphatic heterocycles. The second-order valence-corrected chi connectivity index (χ2v) is 5.34. The van der Waals surface area contributed by atoms with E-state index in [0.717, 1.165) is 16.2 Å². The second kappa shape index (κ2) is 5.26. The van der Waals surface area contributed by atoms with Gasteiger partial charge in [-0.15, -0.1) is 0 Å². The second-order valence-electron chi connectivity index (χ2n) is 2.72. The minimum atomic E-state index is -0.328. The minimum absolute atomic E-state index is 0.205. The van der Waals surface area contributed by atoms with Gasteiger partial charge in [0, 0.05) is 11.8 Å². The van der Waals surface area contributed by atoms with Crippen molar-refractivity contribution in [2.45, 2.75) is 18.7 Å². The molecule has 0 saturated carbocycles. The summed E-state index contributed by atoms with van der Waals surface area (Å²) in [5, 5.41) is 10.7. The lowest BCUT2D eigenvalue weighted by molar-refractivity contribution is -0.387. The lowest BCUT2D eigenvalue weighted by atomic mass is 10.2. The number of nitro groups is 1. The maximum absolute atomic E-state index is 10.7. The summed E-state index contributed by atoms with van der Waals surface area (Å²) in [6, 6.07) is 5.31. The van der Waals surface area contributed by atoms with Crippen LogP contribution in [0.15, 0.2) is 23.1 Å². The molecule has 3 nitrogen and oxygen atoms in total. The average molecular weight is 229 g/mol. The van der Waals surface area contributed by atoms with E-state index in [9.17, 15) is 10.1 Å². The highest BCUT2D eigenvalue weighted by Gasteiger charge is 2.13. The molecule has 0 aromatic heterocycles. The van der Waals surface area contributed by atoms with Crippen LogP contribution in [0.3, 0.4) is 0 Å². The van der Waals surface area contributed by atoms with Crippen molar-refractivity contribution in [3.8, 4) is 0 Å². The van der Waals surface area contributed by atoms with Crippen molar-refractivity contribution in [2.24, 2.45) is 0 Å². The SMILES string of the molecule is CCSSc1ccc(C)cc1[N+](=O)[O-]. The van der Waals surface area contributed by atoms with Gasteiger partial charge in [0.2, 0.25) is 0 Å². The van der Waals surface area contributed by atoms with Crippen LogP contribution in [-0.2, 0) is 0 Å². The molecule has 0 N–H and O–H groups in total. The summed E-state index contributed by atoms with van der Waals surface area (Å²) in [7, 11) is 3.07. The predicted octanol–water partition coefficient (Wildman–Crippen LogP) is 3.66. The van der Waals surface area contributed by atoms with E-state index in [1.807, 2.05) is 19.9 Å². The van der Waals surface area contributed by atoms with Gasteiger partial charge in [-0.25, -0.2) is 0 Å². The Morgan fingerprint density at radius 2 is 2.21 bits per heavy atom. The van der Waals surface area contributed by atoms with E-state index in [2.05, 4.69) is 0 Å². The fraction of sp³-hybridized carbons (Fsp3) is 0.333. The van der Waals surface area contributed by atoms with Gasteiger partial charge in [-0.2, -0.15) is 0 Å². The molecular formula is C9H11NO2S2. The molecule has 76 valence electrons. The molecule has 0 amide bonds. The molecule has 0 atom stereocenters. The maximum Gasteiger partial charge on any atom is 0.283 e. The highest BCUT2D eigenvalue weighted by molar-refractivity contribution is 8.76. The molecule has 0 heterocycles. The lowest BCUT2D eigenvalue weighted by Gasteiger charge is -2.01. The molecule has 0 bridgehead atoms. The molecule has 0 spiro atoms. The number of benzene rings is 1. The van der Waals surface area contributed by atoms with Crippen LogP contribution in [0, 0.1) is 17.0 Å². The molecule has 0 aliphatic rings. The van der Waals surface area contributed by atoms with Crippen LogP contribution in [0.2, 0.25) is 0 Å². The van der Waals surface area contributed by atoms with Gasteiger partial charge in [0.15, 0.2) is 0 Å². The van der Waals surface area contributed by atoms with Crippen LogP contribution in [-0.4, -0.2) is 10.7 Å². The summed E-state index contributed by atoms with van der Waals surface area (Å²) in [5.41, 5.74) is 1.12. The number of hydrogen-bond acceptors (Lipinski definition) is 4. The van der Waals surface area contributed by atoms with E-state index in [4.69, 9.17) is 0 Å². The molecule has 1 aromatic carbocycles. The zero-order valence-electron chi connectivity index (χ0n) is 8.02. The quantitative estimate of drug-likeness (QED) is 0.449. The van der Waals surface area contributed by atoms with Crippen molar-refractivity contribution in [3.05, 3.63) is 33.9 Å². The fourth-order valence-corrected chi connectivity index (χ4v) is 2.71. The highest BCUT2D eigenvalue weighted by atomic mass is 33.1. The summed E-state index contributed by atoms with van der Waals surface area (Å²) < 4.78 is 0. The zero-order chi connectivity index (χ0) is 10.6. The molecule has 5 heteroatoms. The van der Waals surface area contributed by atoms with Crippen LogP contribution in [0.1, 0.15) is 12.5 Å². The van der Waals surface area contributed by atoms with Crippen molar-refractivity contribution in [1.82, 2.24) is 0 Å². The van der Waals surface area contributed by atoms with E-state index in [-0.39, 0.29) is 10.6 Å². The average Bonchev–Trinajstić information content (AvgIpc) is 2.15. The van der Waals surface area contributed by atoms with Crippen molar-refractivity contribution in [3.63, 3.8) is 0 Å². The molecule has 0 saturated heterocycles. The van der Waals surface area contributed by atoms with E-state index >= 15 is 0 Å². The fourth-order valence-electron chi connectivity index (χ4n) is 0.963. The third kappa shape index (κ3) is 2.92. The van der Waals surface area contributed by atoms with Crippen LogP contribution in [0.4, 0.5) is 5.69 Å². The van der Waals surface area contributed by atoms with Crippen LogP contribution >= 0.6 is 21.6 Å². The van der Waals surface area contributed by atoms with Crippen molar-refractivity contribution < 1.29 is 4.92 Å². The van der Waals surface area contributed by atoms with Crippen LogP contribution in [0.25, 0.3) is 0 Å². The molecule has 14 heavy (non-hydrogen) atoms. The van der Waals surface area contributed by atoms with Crippen LogP contribution < -0.4 is 0 Å². The van der Waals surface area contributed by atoms with Gasteiger partial charge in [-0.05, 0) is 18.6 Å². The molecule has 1 rings (SSSR count). The van der Waals surface area contributed by atoms with E-state index < -0.39 is 0 Å². The third-order valence-corrected chi connectivity index (χ3v) is 4.06. The first kappa shape index (κ1) is 11.4. The van der Waals surface area contributed by atoms with Gasteiger partial charge in [0.1, 0.15) is 0 Å². The Morgan fingerprint density at radius 3 is 2.79 bits per heavy atom. The summed E-state index contributed by atoms with van der Waals surface area (Å²) in [6.45, 7) is 3.88. The number of nitrogens with zero attached hydrogens (tertiary/aromatic N) is 1. The highest BCUT2D eigenvalue weighted by Crippen LogP contribution is 2.37. The monoisotopic (exact) mass is 229 g/mol. The van der Waals surface area contributed by atoms with Gasteiger partial charge in [0.25, 0.3) is 5.69 Å². The number of hydrogen-bond donors (Lipinski definition) is 0. The Bertz CT molecular complexity index is 342. The van der Waals surface area contributed by atoms with Crippen LogP contribution in [0.5, 0.6) is 0 Å².